The number of rotatable bonds is 8. The van der Waals surface area contributed by atoms with Crippen molar-refractivity contribution in [3.63, 3.8) is 0 Å². The number of nitrogens with zero attached hydrogens (tertiary/aromatic N) is 2. The summed E-state index contributed by atoms with van der Waals surface area (Å²) in [5, 5.41) is 6.63. The lowest BCUT2D eigenvalue weighted by molar-refractivity contribution is 0.346. The number of sulfonamides is 1. The highest BCUT2D eigenvalue weighted by atomic mass is 32.2. The molecule has 1 aromatic carbocycles. The van der Waals surface area contributed by atoms with Gasteiger partial charge in [-0.3, -0.25) is 0 Å². The predicted octanol–water partition coefficient (Wildman–Crippen LogP) is 3.06. The van der Waals surface area contributed by atoms with Gasteiger partial charge in [0.25, 0.3) is 0 Å². The number of piperidine rings is 1. The SMILES string of the molecule is CCNC(=NCc1ccc(S(=O)(=O)N2CCCCC2)cc1)NCC(C)(C)SC. The summed E-state index contributed by atoms with van der Waals surface area (Å²) in [6.07, 6.45) is 5.10. The second-order valence-corrected chi connectivity index (χ2v) is 11.1. The van der Waals surface area contributed by atoms with Crippen molar-refractivity contribution >= 4 is 27.7 Å². The van der Waals surface area contributed by atoms with Crippen molar-refractivity contribution in [2.45, 2.75) is 56.2 Å². The first-order valence-electron chi connectivity index (χ1n) is 9.95. The van der Waals surface area contributed by atoms with Crippen LogP contribution < -0.4 is 10.6 Å². The van der Waals surface area contributed by atoms with Crippen molar-refractivity contribution in [3.05, 3.63) is 29.8 Å². The van der Waals surface area contributed by atoms with Gasteiger partial charge in [-0.2, -0.15) is 16.1 Å². The minimum absolute atomic E-state index is 0.126. The van der Waals surface area contributed by atoms with Crippen LogP contribution in [0, 0.1) is 0 Å². The Balaban J connectivity index is 2.02. The zero-order valence-electron chi connectivity index (χ0n) is 17.5. The normalized spacial score (nSPS) is 16.8. The standard InChI is InChI=1S/C20H34N4O2S2/c1-5-21-19(23-16-20(2,3)27-4)22-15-17-9-11-18(12-10-17)28(25,26)24-13-7-6-8-14-24/h9-12H,5-8,13-16H2,1-4H3,(H2,21,22,23). The van der Waals surface area contributed by atoms with Crippen molar-refractivity contribution in [3.8, 4) is 0 Å². The van der Waals surface area contributed by atoms with Crippen molar-refractivity contribution in [1.29, 1.82) is 0 Å². The van der Waals surface area contributed by atoms with E-state index >= 15 is 0 Å². The molecule has 0 atom stereocenters. The molecule has 0 bridgehead atoms. The molecule has 0 unspecified atom stereocenters. The van der Waals surface area contributed by atoms with Gasteiger partial charge in [0.2, 0.25) is 10.0 Å². The van der Waals surface area contributed by atoms with Crippen LogP contribution in [-0.2, 0) is 16.6 Å². The zero-order chi connectivity index (χ0) is 20.6. The molecule has 0 radical (unpaired) electrons. The first-order valence-corrected chi connectivity index (χ1v) is 12.6. The summed E-state index contributed by atoms with van der Waals surface area (Å²) in [5.41, 5.74) is 0.985. The molecule has 0 aliphatic carbocycles. The molecule has 1 aromatic rings. The van der Waals surface area contributed by atoms with Crippen LogP contribution in [0.15, 0.2) is 34.2 Å². The molecule has 0 spiro atoms. The average molecular weight is 427 g/mol. The third-order valence-corrected chi connectivity index (χ3v) is 8.04. The van der Waals surface area contributed by atoms with Crippen LogP contribution in [0.25, 0.3) is 0 Å². The third kappa shape index (κ3) is 6.67. The molecular formula is C20H34N4O2S2. The van der Waals surface area contributed by atoms with E-state index in [1.807, 2.05) is 30.8 Å². The van der Waals surface area contributed by atoms with Gasteiger partial charge in [-0.1, -0.05) is 18.6 Å². The molecular weight excluding hydrogens is 392 g/mol. The number of guanidine groups is 1. The lowest BCUT2D eigenvalue weighted by atomic mass is 10.2. The maximum Gasteiger partial charge on any atom is 0.243 e. The van der Waals surface area contributed by atoms with E-state index in [0.717, 1.165) is 43.9 Å². The summed E-state index contributed by atoms with van der Waals surface area (Å²) < 4.78 is 27.2. The molecule has 0 amide bonds. The van der Waals surface area contributed by atoms with Gasteiger partial charge in [-0.15, -0.1) is 0 Å². The summed E-state index contributed by atoms with van der Waals surface area (Å²) in [7, 11) is -3.38. The van der Waals surface area contributed by atoms with E-state index in [4.69, 9.17) is 0 Å². The molecule has 0 saturated carbocycles. The van der Waals surface area contributed by atoms with Crippen LogP contribution in [0.3, 0.4) is 0 Å². The number of hydrogen-bond donors (Lipinski definition) is 2. The van der Waals surface area contributed by atoms with E-state index in [0.29, 0.717) is 24.5 Å². The molecule has 6 nitrogen and oxygen atoms in total. The van der Waals surface area contributed by atoms with Crippen LogP contribution in [0.4, 0.5) is 0 Å². The molecule has 2 rings (SSSR count). The van der Waals surface area contributed by atoms with Gasteiger partial charge < -0.3 is 10.6 Å². The second kappa shape index (κ2) is 10.5. The summed E-state index contributed by atoms with van der Waals surface area (Å²) >= 11 is 1.81. The van der Waals surface area contributed by atoms with Crippen LogP contribution in [0.1, 0.15) is 45.6 Å². The molecule has 1 fully saturated rings. The number of hydrogen-bond acceptors (Lipinski definition) is 4. The molecule has 0 aromatic heterocycles. The molecule has 8 heteroatoms. The monoisotopic (exact) mass is 426 g/mol. The fraction of sp³-hybridized carbons (Fsp3) is 0.650. The highest BCUT2D eigenvalue weighted by Crippen LogP contribution is 2.21. The van der Waals surface area contributed by atoms with Crippen molar-refractivity contribution in [1.82, 2.24) is 14.9 Å². The molecule has 1 aliphatic rings. The minimum Gasteiger partial charge on any atom is -0.357 e. The van der Waals surface area contributed by atoms with Crippen LogP contribution >= 0.6 is 11.8 Å². The van der Waals surface area contributed by atoms with Gasteiger partial charge in [0.1, 0.15) is 0 Å². The molecule has 2 N–H and O–H groups in total. The molecule has 1 saturated heterocycles. The lowest BCUT2D eigenvalue weighted by Crippen LogP contribution is -2.43. The number of thioether (sulfide) groups is 1. The number of benzene rings is 1. The Labute approximate surface area is 174 Å². The smallest absolute Gasteiger partial charge is 0.243 e. The van der Waals surface area contributed by atoms with E-state index in [-0.39, 0.29) is 4.75 Å². The summed E-state index contributed by atoms with van der Waals surface area (Å²) in [6, 6.07) is 7.11. The fourth-order valence-electron chi connectivity index (χ4n) is 2.90. The van der Waals surface area contributed by atoms with Crippen LogP contribution in [0.2, 0.25) is 0 Å². The number of aliphatic imine (C=N–C) groups is 1. The topological polar surface area (TPSA) is 73.8 Å². The average Bonchev–Trinajstić information content (AvgIpc) is 2.71. The largest absolute Gasteiger partial charge is 0.357 e. The van der Waals surface area contributed by atoms with Crippen molar-refractivity contribution in [2.24, 2.45) is 4.99 Å². The highest BCUT2D eigenvalue weighted by Gasteiger charge is 2.25. The quantitative estimate of drug-likeness (QED) is 0.494. The lowest BCUT2D eigenvalue weighted by Gasteiger charge is -2.25. The van der Waals surface area contributed by atoms with Gasteiger partial charge in [0, 0.05) is 30.9 Å². The maximum absolute atomic E-state index is 12.7. The Kier molecular flexibility index (Phi) is 8.64. The van der Waals surface area contributed by atoms with E-state index in [9.17, 15) is 8.42 Å². The molecule has 1 heterocycles. The first-order chi connectivity index (χ1) is 13.3. The van der Waals surface area contributed by atoms with Gasteiger partial charge >= 0.3 is 0 Å². The van der Waals surface area contributed by atoms with Crippen LogP contribution in [0.5, 0.6) is 0 Å². The maximum atomic E-state index is 12.7. The minimum atomic E-state index is -3.38. The first kappa shape index (κ1) is 23.0. The summed E-state index contributed by atoms with van der Waals surface area (Å²) in [4.78, 5) is 5.00. The summed E-state index contributed by atoms with van der Waals surface area (Å²) in [6.45, 7) is 9.77. The zero-order valence-corrected chi connectivity index (χ0v) is 19.1. The Hall–Kier alpha value is -1.25. The van der Waals surface area contributed by atoms with Gasteiger partial charge in [0.05, 0.1) is 11.4 Å². The molecule has 28 heavy (non-hydrogen) atoms. The fourth-order valence-corrected chi connectivity index (χ4v) is 4.64. The predicted molar refractivity (Wildman–Crippen MR) is 119 cm³/mol. The third-order valence-electron chi connectivity index (χ3n) is 4.87. The van der Waals surface area contributed by atoms with E-state index in [1.165, 1.54) is 0 Å². The Morgan fingerprint density at radius 2 is 1.79 bits per heavy atom. The van der Waals surface area contributed by atoms with E-state index < -0.39 is 10.0 Å². The van der Waals surface area contributed by atoms with E-state index in [2.05, 4.69) is 35.7 Å². The highest BCUT2D eigenvalue weighted by molar-refractivity contribution is 7.99. The Morgan fingerprint density at radius 3 is 2.36 bits per heavy atom. The van der Waals surface area contributed by atoms with Crippen LogP contribution in [-0.4, -0.2) is 55.9 Å². The van der Waals surface area contributed by atoms with Gasteiger partial charge in [-0.05, 0) is 57.6 Å². The Morgan fingerprint density at radius 1 is 1.14 bits per heavy atom. The molecule has 1 aliphatic heterocycles. The van der Waals surface area contributed by atoms with Gasteiger partial charge in [0.15, 0.2) is 5.96 Å². The van der Waals surface area contributed by atoms with E-state index in [1.54, 1.807) is 16.4 Å². The van der Waals surface area contributed by atoms with Crippen molar-refractivity contribution < 1.29 is 8.42 Å². The number of nitrogens with one attached hydrogen (secondary N) is 2. The molecule has 158 valence electrons. The summed E-state index contributed by atoms with van der Waals surface area (Å²) in [5.74, 6) is 0.773. The Bertz CT molecular complexity index is 740. The van der Waals surface area contributed by atoms with Crippen molar-refractivity contribution in [2.75, 3.05) is 32.4 Å². The second-order valence-electron chi connectivity index (χ2n) is 7.62. The van der Waals surface area contributed by atoms with Gasteiger partial charge in [-0.25, -0.2) is 13.4 Å².